The van der Waals surface area contributed by atoms with Gasteiger partial charge in [0.25, 0.3) is 0 Å². The highest BCUT2D eigenvalue weighted by atomic mass is 127. The van der Waals surface area contributed by atoms with Gasteiger partial charge in [0.2, 0.25) is 5.91 Å². The molecule has 1 aromatic carbocycles. The maximum absolute atomic E-state index is 12.1. The Labute approximate surface area is 190 Å². The van der Waals surface area contributed by atoms with Crippen LogP contribution in [0.3, 0.4) is 0 Å². The number of anilines is 1. The number of nitrogens with one attached hydrogen (secondary N) is 2. The zero-order valence-corrected chi connectivity index (χ0v) is 19.8. The molecular weight excluding hydrogens is 481 g/mol. The summed E-state index contributed by atoms with van der Waals surface area (Å²) in [5.41, 5.74) is 2.20. The van der Waals surface area contributed by atoms with Crippen molar-refractivity contribution in [2.24, 2.45) is 4.99 Å². The molecule has 0 bridgehead atoms. The van der Waals surface area contributed by atoms with E-state index in [0.717, 1.165) is 22.8 Å². The SMILES string of the molecule is CCOc1ccc(CN(C)C(=NC)NCCC(=O)Nc2ccc(C)cn2)cc1.I. The van der Waals surface area contributed by atoms with E-state index >= 15 is 0 Å². The van der Waals surface area contributed by atoms with Crippen LogP contribution in [0.2, 0.25) is 0 Å². The largest absolute Gasteiger partial charge is 0.494 e. The molecule has 7 nitrogen and oxygen atoms in total. The van der Waals surface area contributed by atoms with Crippen LogP contribution in [0.25, 0.3) is 0 Å². The van der Waals surface area contributed by atoms with Gasteiger partial charge >= 0.3 is 0 Å². The van der Waals surface area contributed by atoms with Crippen molar-refractivity contribution in [1.29, 1.82) is 0 Å². The van der Waals surface area contributed by atoms with Gasteiger partial charge in [-0.3, -0.25) is 9.79 Å². The third-order valence-corrected chi connectivity index (χ3v) is 4.04. The number of carbonyl (C=O) groups is 1. The quantitative estimate of drug-likeness (QED) is 0.323. The zero-order valence-electron chi connectivity index (χ0n) is 17.4. The van der Waals surface area contributed by atoms with Gasteiger partial charge < -0.3 is 20.3 Å². The summed E-state index contributed by atoms with van der Waals surface area (Å²) < 4.78 is 5.47. The van der Waals surface area contributed by atoms with Crippen molar-refractivity contribution in [3.63, 3.8) is 0 Å². The molecule has 0 spiro atoms. The molecule has 2 N–H and O–H groups in total. The predicted octanol–water partition coefficient (Wildman–Crippen LogP) is 3.44. The number of ether oxygens (including phenoxy) is 1. The summed E-state index contributed by atoms with van der Waals surface area (Å²) in [6.07, 6.45) is 2.05. The van der Waals surface area contributed by atoms with Gasteiger partial charge in [-0.2, -0.15) is 0 Å². The molecule has 8 heteroatoms. The molecule has 29 heavy (non-hydrogen) atoms. The Bertz CT molecular complexity index is 779. The number of carbonyl (C=O) groups excluding carboxylic acids is 1. The topological polar surface area (TPSA) is 78.8 Å². The summed E-state index contributed by atoms with van der Waals surface area (Å²) in [5.74, 6) is 2.07. The summed E-state index contributed by atoms with van der Waals surface area (Å²) in [5, 5.41) is 6.01. The molecule has 1 heterocycles. The smallest absolute Gasteiger partial charge is 0.227 e. The lowest BCUT2D eigenvalue weighted by molar-refractivity contribution is -0.116. The van der Waals surface area contributed by atoms with Gasteiger partial charge in [0.1, 0.15) is 11.6 Å². The average Bonchev–Trinajstić information content (AvgIpc) is 2.68. The molecule has 0 atom stereocenters. The number of aromatic nitrogens is 1. The molecule has 0 aliphatic carbocycles. The summed E-state index contributed by atoms with van der Waals surface area (Å²) in [7, 11) is 3.69. The second kappa shape index (κ2) is 13.0. The third-order valence-electron chi connectivity index (χ3n) is 4.04. The minimum atomic E-state index is -0.0894. The van der Waals surface area contributed by atoms with E-state index in [0.29, 0.717) is 31.9 Å². The van der Waals surface area contributed by atoms with Crippen LogP contribution in [0.5, 0.6) is 5.75 Å². The van der Waals surface area contributed by atoms with Crippen LogP contribution < -0.4 is 15.4 Å². The highest BCUT2D eigenvalue weighted by molar-refractivity contribution is 14.0. The molecule has 0 saturated heterocycles. The first-order chi connectivity index (χ1) is 13.5. The van der Waals surface area contributed by atoms with Crippen molar-refractivity contribution in [2.45, 2.75) is 26.8 Å². The van der Waals surface area contributed by atoms with Crippen molar-refractivity contribution < 1.29 is 9.53 Å². The number of hydrogen-bond donors (Lipinski definition) is 2. The number of hydrogen-bond acceptors (Lipinski definition) is 4. The zero-order chi connectivity index (χ0) is 20.4. The van der Waals surface area contributed by atoms with Crippen LogP contribution in [-0.4, -0.2) is 49.0 Å². The highest BCUT2D eigenvalue weighted by Gasteiger charge is 2.08. The standard InChI is InChI=1S/C21H29N5O2.HI/c1-5-28-18-9-7-17(8-10-18)15-26(4)21(22-3)23-13-12-20(27)25-19-11-6-16(2)14-24-19;/h6-11,14H,5,12-13,15H2,1-4H3,(H,22,23)(H,24,25,27);1H. The van der Waals surface area contributed by atoms with Crippen molar-refractivity contribution in [1.82, 2.24) is 15.2 Å². The minimum Gasteiger partial charge on any atom is -0.494 e. The monoisotopic (exact) mass is 511 g/mol. The van der Waals surface area contributed by atoms with Gasteiger partial charge in [-0.05, 0) is 43.2 Å². The van der Waals surface area contributed by atoms with Gasteiger partial charge in [0.05, 0.1) is 6.61 Å². The molecule has 1 amide bonds. The molecule has 1 aromatic heterocycles. The Morgan fingerprint density at radius 3 is 2.52 bits per heavy atom. The number of rotatable bonds is 8. The average molecular weight is 511 g/mol. The summed E-state index contributed by atoms with van der Waals surface area (Å²) in [6.45, 7) is 5.76. The second-order valence-electron chi connectivity index (χ2n) is 6.43. The number of aliphatic imine (C=N–C) groups is 1. The van der Waals surface area contributed by atoms with Crippen molar-refractivity contribution >= 4 is 41.7 Å². The van der Waals surface area contributed by atoms with E-state index in [9.17, 15) is 4.79 Å². The van der Waals surface area contributed by atoms with E-state index in [2.05, 4.69) is 20.6 Å². The molecule has 158 valence electrons. The number of guanidine groups is 1. The third kappa shape index (κ3) is 8.68. The molecule has 0 fully saturated rings. The molecule has 0 saturated carbocycles. The normalized spacial score (nSPS) is 10.7. The van der Waals surface area contributed by atoms with Crippen LogP contribution in [0.15, 0.2) is 47.6 Å². The van der Waals surface area contributed by atoms with Gasteiger partial charge in [-0.25, -0.2) is 4.98 Å². The predicted molar refractivity (Wildman–Crippen MR) is 128 cm³/mol. The molecular formula is C21H30IN5O2. The Kier molecular flexibility index (Phi) is 11.0. The minimum absolute atomic E-state index is 0. The second-order valence-corrected chi connectivity index (χ2v) is 6.43. The maximum atomic E-state index is 12.1. The Morgan fingerprint density at radius 1 is 1.21 bits per heavy atom. The number of halogens is 1. The number of aryl methyl sites for hydroxylation is 1. The lowest BCUT2D eigenvalue weighted by Crippen LogP contribution is -2.39. The van der Waals surface area contributed by atoms with Gasteiger partial charge in [0.15, 0.2) is 5.96 Å². The molecule has 0 aliphatic rings. The number of pyridine rings is 1. The van der Waals surface area contributed by atoms with E-state index < -0.39 is 0 Å². The van der Waals surface area contributed by atoms with E-state index in [4.69, 9.17) is 4.74 Å². The molecule has 0 unspecified atom stereocenters. The van der Waals surface area contributed by atoms with Crippen molar-refractivity contribution in [2.75, 3.05) is 32.6 Å². The van der Waals surface area contributed by atoms with Crippen LogP contribution >= 0.6 is 24.0 Å². The number of benzene rings is 1. The lowest BCUT2D eigenvalue weighted by Gasteiger charge is -2.22. The fraction of sp³-hybridized carbons (Fsp3) is 0.381. The van der Waals surface area contributed by atoms with E-state index in [1.54, 1.807) is 19.3 Å². The summed E-state index contributed by atoms with van der Waals surface area (Å²) in [6, 6.07) is 11.7. The van der Waals surface area contributed by atoms with Gasteiger partial charge in [-0.15, -0.1) is 24.0 Å². The first-order valence-electron chi connectivity index (χ1n) is 9.38. The highest BCUT2D eigenvalue weighted by Crippen LogP contribution is 2.13. The lowest BCUT2D eigenvalue weighted by atomic mass is 10.2. The number of amides is 1. The Hall–Kier alpha value is -2.36. The summed E-state index contributed by atoms with van der Waals surface area (Å²) >= 11 is 0. The van der Waals surface area contributed by atoms with Crippen LogP contribution in [-0.2, 0) is 11.3 Å². The Morgan fingerprint density at radius 2 is 1.93 bits per heavy atom. The van der Waals surface area contributed by atoms with Crippen molar-refractivity contribution in [3.05, 3.63) is 53.7 Å². The van der Waals surface area contributed by atoms with Crippen LogP contribution in [0.1, 0.15) is 24.5 Å². The van der Waals surface area contributed by atoms with Crippen LogP contribution in [0, 0.1) is 6.92 Å². The molecule has 2 rings (SSSR count). The number of nitrogens with zero attached hydrogens (tertiary/aromatic N) is 3. The first kappa shape index (κ1) is 24.7. The van der Waals surface area contributed by atoms with E-state index in [1.165, 1.54) is 0 Å². The molecule has 0 radical (unpaired) electrons. The van der Waals surface area contributed by atoms with Gasteiger partial charge in [-0.1, -0.05) is 18.2 Å². The fourth-order valence-electron chi connectivity index (χ4n) is 2.63. The Balaban J connectivity index is 0.00000420. The molecule has 2 aromatic rings. The van der Waals surface area contributed by atoms with Gasteiger partial charge in [0, 0.05) is 39.8 Å². The summed E-state index contributed by atoms with van der Waals surface area (Å²) in [4.78, 5) is 22.5. The van der Waals surface area contributed by atoms with E-state index in [-0.39, 0.29) is 29.9 Å². The van der Waals surface area contributed by atoms with Crippen molar-refractivity contribution in [3.8, 4) is 5.75 Å². The van der Waals surface area contributed by atoms with Crippen LogP contribution in [0.4, 0.5) is 5.82 Å². The maximum Gasteiger partial charge on any atom is 0.227 e. The first-order valence-corrected chi connectivity index (χ1v) is 9.38. The fourth-order valence-corrected chi connectivity index (χ4v) is 2.63. The van der Waals surface area contributed by atoms with E-state index in [1.807, 2.05) is 56.1 Å². The molecule has 0 aliphatic heterocycles.